The van der Waals surface area contributed by atoms with Gasteiger partial charge in [0.05, 0.1) is 34.3 Å². The van der Waals surface area contributed by atoms with Crippen molar-refractivity contribution in [2.75, 3.05) is 50.7 Å². The van der Waals surface area contributed by atoms with Gasteiger partial charge in [-0.25, -0.2) is 9.83 Å². The van der Waals surface area contributed by atoms with Crippen molar-refractivity contribution in [3.63, 3.8) is 0 Å². The maximum absolute atomic E-state index is 14.2. The number of likely N-dealkylation sites (tertiary alicyclic amines) is 1. The van der Waals surface area contributed by atoms with Crippen LogP contribution in [0.25, 0.3) is 26.2 Å². The fraction of sp³-hybridized carbons (Fsp3) is 0.482. The van der Waals surface area contributed by atoms with Gasteiger partial charge in [0, 0.05) is 111 Å². The van der Waals surface area contributed by atoms with E-state index in [0.717, 1.165) is 100 Å². The first-order chi connectivity index (χ1) is 34.4. The summed E-state index contributed by atoms with van der Waals surface area (Å²) in [5, 5.41) is 17.4. The van der Waals surface area contributed by atoms with E-state index in [1.165, 1.54) is 10.6 Å². The van der Waals surface area contributed by atoms with E-state index in [2.05, 4.69) is 68.2 Å². The van der Waals surface area contributed by atoms with E-state index < -0.39 is 40.8 Å². The average molecular weight is 994 g/mol. The molecule has 4 aliphatic rings. The van der Waals surface area contributed by atoms with Crippen molar-refractivity contribution < 1.29 is 29.1 Å². The smallest absolute Gasteiger partial charge is 0.246 e. The fourth-order valence-corrected chi connectivity index (χ4v) is 12.2. The van der Waals surface area contributed by atoms with Crippen molar-refractivity contribution >= 4 is 63.0 Å². The summed E-state index contributed by atoms with van der Waals surface area (Å²) in [5.74, 6) is -1.31. The number of aromatic amines is 1. The number of amides is 4. The molecule has 3 fully saturated rings. The lowest BCUT2D eigenvalue weighted by molar-refractivity contribution is -0.144. The van der Waals surface area contributed by atoms with Crippen LogP contribution in [0.3, 0.4) is 0 Å². The number of anilines is 1. The van der Waals surface area contributed by atoms with Gasteiger partial charge in [-0.3, -0.25) is 28.9 Å². The van der Waals surface area contributed by atoms with Gasteiger partial charge in [0.1, 0.15) is 12.1 Å². The number of ketones is 1. The number of piperazine rings is 1. The predicted octanol–water partition coefficient (Wildman–Crippen LogP) is 7.29. The highest BCUT2D eigenvalue weighted by Gasteiger charge is 2.45. The quantitative estimate of drug-likeness (QED) is 0.0937. The van der Waals surface area contributed by atoms with Gasteiger partial charge in [-0.2, -0.15) is 0 Å². The Bertz CT molecular complexity index is 2950. The monoisotopic (exact) mass is 993 g/mol. The SMILES string of the molecule is [C-]#[N+]c1ccc2c3c([nH]c2c1)C(C)(C)c1cc(N2CCC(N4CCN(C(=O)CCC(=O)N[C@H](C(=O)N5C[C@H](O)C[C@H]5C(=O)NCc5ccc(-c6scnc6C)cc5)C(C)(C)C)CC4)CC2)c(CC)cc1C3=O. The largest absolute Gasteiger partial charge is 0.391 e. The van der Waals surface area contributed by atoms with E-state index >= 15 is 0 Å². The molecule has 378 valence electrons. The molecule has 16 heteroatoms. The summed E-state index contributed by atoms with van der Waals surface area (Å²) in [7, 11) is 0. The van der Waals surface area contributed by atoms with E-state index in [1.54, 1.807) is 17.4 Å². The Morgan fingerprint density at radius 3 is 2.36 bits per heavy atom. The Balaban J connectivity index is 0.750. The van der Waals surface area contributed by atoms with Gasteiger partial charge in [-0.15, -0.1) is 11.3 Å². The zero-order valence-electron chi connectivity index (χ0n) is 42.6. The number of carbonyl (C=O) groups is 5. The molecule has 5 aromatic rings. The zero-order valence-corrected chi connectivity index (χ0v) is 43.4. The maximum atomic E-state index is 14.2. The van der Waals surface area contributed by atoms with Crippen LogP contribution in [0.4, 0.5) is 11.4 Å². The van der Waals surface area contributed by atoms with Crippen LogP contribution in [-0.2, 0) is 37.6 Å². The van der Waals surface area contributed by atoms with Gasteiger partial charge in [-0.1, -0.05) is 77.9 Å². The fourth-order valence-electron chi connectivity index (χ4n) is 11.3. The molecule has 4 N–H and O–H groups in total. The number of rotatable bonds is 12. The normalized spacial score (nSPS) is 19.7. The van der Waals surface area contributed by atoms with Gasteiger partial charge < -0.3 is 35.4 Å². The molecule has 5 heterocycles. The van der Waals surface area contributed by atoms with Gasteiger partial charge >= 0.3 is 0 Å². The number of aliphatic hydroxyl groups is 1. The number of nitrogens with one attached hydrogen (secondary N) is 3. The standard InChI is InChI=1S/C56H67N9O6S/c1-9-35-26-41-42(56(6,7)51-48(49(41)69)40-15-14-37(57-8)27-43(40)60-51)29-44(35)63-20-18-38(19-21-63)62-22-24-64(25-23-62)47(68)17-16-46(67)61-52(55(3,4)5)54(71)65-31-39(66)28-45(65)53(70)58-30-34-10-12-36(13-11-34)50-33(2)59-32-72-50/h10-15,26-27,29,32,38-39,45,52,60,66H,9,16-25,28,30-31H2,1-7H3,(H,58,70)(H,61,67)/t39-,45+,52-/m1/s1. The van der Waals surface area contributed by atoms with Crippen LogP contribution in [0.1, 0.15) is 118 Å². The number of carbonyl (C=O) groups excluding carboxylic acids is 5. The molecule has 0 unspecified atom stereocenters. The second kappa shape index (κ2) is 20.2. The summed E-state index contributed by atoms with van der Waals surface area (Å²) < 4.78 is 0. The predicted molar refractivity (Wildman–Crippen MR) is 280 cm³/mol. The number of nitrogens with zero attached hydrogens (tertiary/aromatic N) is 6. The summed E-state index contributed by atoms with van der Waals surface area (Å²) in [6, 6.07) is 16.2. The third kappa shape index (κ3) is 9.90. The van der Waals surface area contributed by atoms with Crippen LogP contribution in [-0.4, -0.2) is 129 Å². The van der Waals surface area contributed by atoms with Gasteiger partial charge in [-0.05, 0) is 72.1 Å². The number of aromatic nitrogens is 2. The molecule has 0 bridgehead atoms. The van der Waals surface area contributed by atoms with E-state index in [-0.39, 0.29) is 49.9 Å². The molecule has 0 spiro atoms. The van der Waals surface area contributed by atoms with Crippen LogP contribution in [0.2, 0.25) is 0 Å². The van der Waals surface area contributed by atoms with E-state index in [1.807, 2.05) is 74.5 Å². The van der Waals surface area contributed by atoms with Crippen LogP contribution in [0.5, 0.6) is 0 Å². The number of benzene rings is 3. The number of H-pyrrole nitrogens is 1. The van der Waals surface area contributed by atoms with Crippen LogP contribution >= 0.6 is 11.3 Å². The van der Waals surface area contributed by atoms with Crippen LogP contribution in [0.15, 0.2) is 60.1 Å². The minimum absolute atomic E-state index is 0.0151. The highest BCUT2D eigenvalue weighted by molar-refractivity contribution is 7.13. The first kappa shape index (κ1) is 50.5. The Kier molecular flexibility index (Phi) is 14.2. The molecule has 0 saturated carbocycles. The molecule has 2 aromatic heterocycles. The summed E-state index contributed by atoms with van der Waals surface area (Å²) in [5.41, 5.74) is 10.6. The van der Waals surface area contributed by atoms with Crippen molar-refractivity contribution in [1.82, 2.24) is 35.3 Å². The Morgan fingerprint density at radius 2 is 1.71 bits per heavy atom. The van der Waals surface area contributed by atoms with Crippen LogP contribution < -0.4 is 15.5 Å². The molecule has 3 aromatic carbocycles. The number of aryl methyl sites for hydroxylation is 2. The third-order valence-electron chi connectivity index (χ3n) is 15.5. The molecule has 15 nitrogen and oxygen atoms in total. The molecular formula is C56H67N9O6S. The lowest BCUT2D eigenvalue weighted by atomic mass is 9.70. The molecule has 9 rings (SSSR count). The average Bonchev–Trinajstić information content (AvgIpc) is 4.11. The number of β-amino-alcohol motifs (C(OH)–C–C–N with tert-alkyl or cyclic N) is 1. The minimum Gasteiger partial charge on any atom is -0.391 e. The number of hydrogen-bond donors (Lipinski definition) is 4. The summed E-state index contributed by atoms with van der Waals surface area (Å²) >= 11 is 1.57. The Labute approximate surface area is 426 Å². The molecule has 1 aliphatic carbocycles. The van der Waals surface area contributed by atoms with E-state index in [4.69, 9.17) is 6.57 Å². The van der Waals surface area contributed by atoms with Gasteiger partial charge in [0.15, 0.2) is 11.5 Å². The van der Waals surface area contributed by atoms with Crippen molar-refractivity contribution in [1.29, 1.82) is 0 Å². The number of fused-ring (bicyclic) bond motifs is 4. The first-order valence-electron chi connectivity index (χ1n) is 25.4. The number of aliphatic hydroxyl groups excluding tert-OH is 1. The summed E-state index contributed by atoms with van der Waals surface area (Å²) in [6.45, 7) is 26.1. The Morgan fingerprint density at radius 1 is 0.986 bits per heavy atom. The third-order valence-corrected chi connectivity index (χ3v) is 16.5. The lowest BCUT2D eigenvalue weighted by Crippen LogP contribution is -2.57. The van der Waals surface area contributed by atoms with Crippen molar-refractivity contribution in [3.8, 4) is 10.4 Å². The summed E-state index contributed by atoms with van der Waals surface area (Å²) in [4.78, 5) is 89.7. The molecular weight excluding hydrogens is 927 g/mol. The highest BCUT2D eigenvalue weighted by atomic mass is 32.1. The topological polar surface area (TPSA) is 176 Å². The zero-order chi connectivity index (χ0) is 51.2. The maximum Gasteiger partial charge on any atom is 0.246 e. The van der Waals surface area contributed by atoms with E-state index in [0.29, 0.717) is 30.4 Å². The van der Waals surface area contributed by atoms with Crippen molar-refractivity contribution in [2.45, 2.75) is 123 Å². The molecule has 4 amide bonds. The first-order valence-corrected chi connectivity index (χ1v) is 26.3. The number of piperidine rings is 1. The molecule has 3 aliphatic heterocycles. The molecule has 3 saturated heterocycles. The molecule has 0 radical (unpaired) electrons. The summed E-state index contributed by atoms with van der Waals surface area (Å²) in [6.07, 6.45) is 1.90. The van der Waals surface area contributed by atoms with Gasteiger partial charge in [0.2, 0.25) is 23.6 Å². The Hall–Kier alpha value is -6.41. The minimum atomic E-state index is -0.981. The second-order valence-corrected chi connectivity index (χ2v) is 22.5. The lowest BCUT2D eigenvalue weighted by Gasteiger charge is -2.44. The highest BCUT2D eigenvalue weighted by Crippen LogP contribution is 2.46. The number of thiazole rings is 1. The molecule has 3 atom stereocenters. The number of hydrogen-bond acceptors (Lipinski definition) is 10. The molecule has 72 heavy (non-hydrogen) atoms. The second-order valence-electron chi connectivity index (χ2n) is 21.6. The van der Waals surface area contributed by atoms with Gasteiger partial charge in [0.25, 0.3) is 0 Å². The van der Waals surface area contributed by atoms with Crippen molar-refractivity contribution in [2.24, 2.45) is 5.41 Å². The van der Waals surface area contributed by atoms with Crippen LogP contribution in [0, 0.1) is 18.9 Å². The van der Waals surface area contributed by atoms with E-state index in [9.17, 15) is 29.1 Å². The van der Waals surface area contributed by atoms with Crippen molar-refractivity contribution in [3.05, 3.63) is 111 Å².